The molecule has 0 saturated heterocycles. The molecule has 0 aliphatic carbocycles. The average molecular weight is 299 g/mol. The van der Waals surface area contributed by atoms with Crippen LogP contribution in [0.15, 0.2) is 48.8 Å². The number of rotatable bonds is 4. The number of benzene rings is 1. The van der Waals surface area contributed by atoms with Crippen molar-refractivity contribution in [3.63, 3.8) is 0 Å². The normalized spacial score (nSPS) is 11.0. The van der Waals surface area contributed by atoms with Crippen molar-refractivity contribution >= 4 is 6.09 Å². The smallest absolute Gasteiger partial charge is 0.374 e. The molecule has 0 atom stereocenters. The predicted molar refractivity (Wildman–Crippen MR) is 84.7 cm³/mol. The van der Waals surface area contributed by atoms with Gasteiger partial charge in [0, 0.05) is 24.5 Å². The van der Waals surface area contributed by atoms with E-state index < -0.39 is 6.09 Å². The zero-order valence-corrected chi connectivity index (χ0v) is 13.2. The molecule has 0 spiro atoms. The molecule has 0 fully saturated rings. The van der Waals surface area contributed by atoms with Crippen LogP contribution < -0.4 is 4.74 Å². The molecular weight excluding hydrogens is 278 g/mol. The fraction of sp³-hybridized carbons (Fsp3) is 0.353. The minimum Gasteiger partial charge on any atom is -0.374 e. The van der Waals surface area contributed by atoms with E-state index in [0.717, 1.165) is 6.42 Å². The number of carbonyl (C=O) groups excluding carboxylic acids is 1. The van der Waals surface area contributed by atoms with Gasteiger partial charge in [0.15, 0.2) is 0 Å². The molecule has 0 N–H and O–H groups in total. The van der Waals surface area contributed by atoms with Crippen molar-refractivity contribution in [3.8, 4) is 6.01 Å². The number of amides is 1. The molecule has 0 saturated carbocycles. The molecule has 0 aliphatic heterocycles. The molecule has 0 aliphatic rings. The Hall–Kier alpha value is -2.43. The van der Waals surface area contributed by atoms with Crippen LogP contribution in [0.5, 0.6) is 6.01 Å². The highest BCUT2D eigenvalue weighted by atomic mass is 16.6. The minimum atomic E-state index is -0.436. The van der Waals surface area contributed by atoms with E-state index in [1.54, 1.807) is 23.4 Å². The van der Waals surface area contributed by atoms with Gasteiger partial charge in [-0.3, -0.25) is 0 Å². The summed E-state index contributed by atoms with van der Waals surface area (Å²) >= 11 is 0. The van der Waals surface area contributed by atoms with E-state index >= 15 is 0 Å². The number of aromatic nitrogens is 2. The Balaban J connectivity index is 2.04. The van der Waals surface area contributed by atoms with Gasteiger partial charge in [-0.2, -0.15) is 0 Å². The largest absolute Gasteiger partial charge is 0.418 e. The van der Waals surface area contributed by atoms with Crippen LogP contribution in [0.25, 0.3) is 0 Å². The van der Waals surface area contributed by atoms with Crippen molar-refractivity contribution in [1.29, 1.82) is 0 Å². The number of carbonyl (C=O) groups is 1. The van der Waals surface area contributed by atoms with Crippen LogP contribution in [-0.4, -0.2) is 33.0 Å². The van der Waals surface area contributed by atoms with Crippen molar-refractivity contribution in [1.82, 2.24) is 14.9 Å². The first-order chi connectivity index (χ1) is 10.5. The molecule has 1 aromatic heterocycles. The van der Waals surface area contributed by atoms with E-state index in [4.69, 9.17) is 4.74 Å². The maximum Gasteiger partial charge on any atom is 0.418 e. The fourth-order valence-corrected chi connectivity index (χ4v) is 2.06. The Morgan fingerprint density at radius 3 is 2.32 bits per heavy atom. The molecule has 2 aromatic rings. The van der Waals surface area contributed by atoms with Crippen LogP contribution in [0.4, 0.5) is 4.79 Å². The Morgan fingerprint density at radius 2 is 1.73 bits per heavy atom. The monoisotopic (exact) mass is 299 g/mol. The Morgan fingerprint density at radius 1 is 1.09 bits per heavy atom. The van der Waals surface area contributed by atoms with E-state index in [-0.39, 0.29) is 11.5 Å². The lowest BCUT2D eigenvalue weighted by molar-refractivity contribution is 0.104. The predicted octanol–water partition coefficient (Wildman–Crippen LogP) is 3.32. The lowest BCUT2D eigenvalue weighted by Crippen LogP contribution is -2.48. The Labute approximate surface area is 131 Å². The number of hydrogen-bond donors (Lipinski definition) is 0. The third-order valence-electron chi connectivity index (χ3n) is 3.22. The van der Waals surface area contributed by atoms with Crippen molar-refractivity contribution in [2.24, 2.45) is 0 Å². The minimum absolute atomic E-state index is 0.0708. The van der Waals surface area contributed by atoms with Gasteiger partial charge >= 0.3 is 12.1 Å². The van der Waals surface area contributed by atoms with Gasteiger partial charge in [-0.15, -0.1) is 0 Å². The van der Waals surface area contributed by atoms with Crippen molar-refractivity contribution < 1.29 is 9.53 Å². The highest BCUT2D eigenvalue weighted by Gasteiger charge is 2.28. The molecule has 1 amide bonds. The van der Waals surface area contributed by atoms with Crippen molar-refractivity contribution in [3.05, 3.63) is 54.4 Å². The topological polar surface area (TPSA) is 55.3 Å². The third kappa shape index (κ3) is 4.55. The quantitative estimate of drug-likeness (QED) is 0.869. The van der Waals surface area contributed by atoms with Crippen molar-refractivity contribution in [2.45, 2.75) is 32.7 Å². The van der Waals surface area contributed by atoms with E-state index in [1.807, 2.05) is 51.1 Å². The zero-order chi connectivity index (χ0) is 16.0. The first-order valence-corrected chi connectivity index (χ1v) is 7.27. The number of nitrogens with zero attached hydrogens (tertiary/aromatic N) is 3. The summed E-state index contributed by atoms with van der Waals surface area (Å²) < 4.78 is 5.26. The molecule has 1 heterocycles. The summed E-state index contributed by atoms with van der Waals surface area (Å²) in [4.78, 5) is 21.9. The van der Waals surface area contributed by atoms with Gasteiger partial charge in [-0.1, -0.05) is 30.3 Å². The summed E-state index contributed by atoms with van der Waals surface area (Å²) in [6, 6.07) is 11.8. The molecule has 0 radical (unpaired) electrons. The zero-order valence-electron chi connectivity index (χ0n) is 13.2. The van der Waals surface area contributed by atoms with Gasteiger partial charge in [0.2, 0.25) is 0 Å². The van der Waals surface area contributed by atoms with E-state index in [9.17, 15) is 4.79 Å². The van der Waals surface area contributed by atoms with Crippen molar-refractivity contribution in [2.75, 3.05) is 6.54 Å². The second kappa shape index (κ2) is 7.02. The summed E-state index contributed by atoms with van der Waals surface area (Å²) in [5.74, 6) is 0. The summed E-state index contributed by atoms with van der Waals surface area (Å²) in [5.41, 5.74) is 0.834. The molecule has 0 unspecified atom stereocenters. The maximum atomic E-state index is 12.4. The lowest BCUT2D eigenvalue weighted by atomic mass is 10.1. The summed E-state index contributed by atoms with van der Waals surface area (Å²) in [6.45, 7) is 6.50. The van der Waals surface area contributed by atoms with Gasteiger partial charge in [0.1, 0.15) is 0 Å². The SMILES string of the molecule is CC(C)(C)N(CCc1ccccc1)C(=O)Oc1ncccn1. The molecule has 5 heteroatoms. The van der Waals surface area contributed by atoms with E-state index in [2.05, 4.69) is 9.97 Å². The lowest BCUT2D eigenvalue weighted by Gasteiger charge is -2.34. The molecule has 2 rings (SSSR count). The first kappa shape index (κ1) is 15.9. The maximum absolute atomic E-state index is 12.4. The highest BCUT2D eigenvalue weighted by molar-refractivity contribution is 5.70. The molecule has 0 bridgehead atoms. The molecule has 116 valence electrons. The summed E-state index contributed by atoms with van der Waals surface area (Å²) in [6.07, 6.45) is 3.42. The number of hydrogen-bond acceptors (Lipinski definition) is 4. The molecule has 1 aromatic carbocycles. The Kier molecular flexibility index (Phi) is 5.09. The summed E-state index contributed by atoms with van der Waals surface area (Å²) in [5, 5.41) is 0. The van der Waals surface area contributed by atoms with Crippen LogP contribution in [0.1, 0.15) is 26.3 Å². The Bertz CT molecular complexity index is 594. The van der Waals surface area contributed by atoms with Crippen LogP contribution in [0.3, 0.4) is 0 Å². The van der Waals surface area contributed by atoms with E-state index in [1.165, 1.54) is 5.56 Å². The second-order valence-electron chi connectivity index (χ2n) is 5.96. The fourth-order valence-electron chi connectivity index (χ4n) is 2.06. The van der Waals surface area contributed by atoms with Gasteiger partial charge in [0.25, 0.3) is 0 Å². The molecule has 5 nitrogen and oxygen atoms in total. The van der Waals surface area contributed by atoms with E-state index in [0.29, 0.717) is 6.54 Å². The van der Waals surface area contributed by atoms with Gasteiger partial charge in [-0.25, -0.2) is 14.8 Å². The number of ether oxygens (including phenoxy) is 1. The van der Waals surface area contributed by atoms with Crippen LogP contribution in [0, 0.1) is 0 Å². The van der Waals surface area contributed by atoms with Gasteiger partial charge < -0.3 is 9.64 Å². The second-order valence-corrected chi connectivity index (χ2v) is 5.96. The van der Waals surface area contributed by atoms with Crippen LogP contribution >= 0.6 is 0 Å². The third-order valence-corrected chi connectivity index (χ3v) is 3.22. The van der Waals surface area contributed by atoms with Gasteiger partial charge in [0.05, 0.1) is 0 Å². The first-order valence-electron chi connectivity index (χ1n) is 7.27. The summed E-state index contributed by atoms with van der Waals surface area (Å²) in [7, 11) is 0. The molecular formula is C17H21N3O2. The van der Waals surface area contributed by atoms with Crippen LogP contribution in [-0.2, 0) is 6.42 Å². The van der Waals surface area contributed by atoms with Crippen LogP contribution in [0.2, 0.25) is 0 Å². The standard InChI is InChI=1S/C17H21N3O2/c1-17(2,3)20(13-10-14-8-5-4-6-9-14)16(21)22-15-18-11-7-12-19-15/h4-9,11-12H,10,13H2,1-3H3. The average Bonchev–Trinajstić information content (AvgIpc) is 2.48. The highest BCUT2D eigenvalue weighted by Crippen LogP contribution is 2.16. The van der Waals surface area contributed by atoms with Gasteiger partial charge in [-0.05, 0) is 38.8 Å². The molecule has 22 heavy (non-hydrogen) atoms.